The molecular weight excluding hydrogens is 146 g/mol. The summed E-state index contributed by atoms with van der Waals surface area (Å²) in [6, 6.07) is 0. The Balaban J connectivity index is 2.51. The summed E-state index contributed by atoms with van der Waals surface area (Å²) in [6.07, 6.45) is 9.30. The SMILES string of the molecule is OB(F)OC1=CC=CC=CC1. The van der Waals surface area contributed by atoms with Crippen LogP contribution in [0.1, 0.15) is 6.42 Å². The summed E-state index contributed by atoms with van der Waals surface area (Å²) in [4.78, 5) is 0. The van der Waals surface area contributed by atoms with Crippen molar-refractivity contribution >= 4 is 7.40 Å². The predicted octanol–water partition coefficient (Wildman–Crippen LogP) is 1.35. The van der Waals surface area contributed by atoms with Crippen LogP contribution < -0.4 is 0 Å². The van der Waals surface area contributed by atoms with Gasteiger partial charge in [0, 0.05) is 6.42 Å². The first-order valence-corrected chi connectivity index (χ1v) is 3.30. The van der Waals surface area contributed by atoms with Crippen molar-refractivity contribution in [2.24, 2.45) is 0 Å². The van der Waals surface area contributed by atoms with Crippen LogP contribution in [-0.2, 0) is 4.65 Å². The number of rotatable bonds is 2. The molecule has 0 aromatic heterocycles. The zero-order chi connectivity index (χ0) is 8.10. The molecule has 0 atom stereocenters. The van der Waals surface area contributed by atoms with Gasteiger partial charge in [0.25, 0.3) is 0 Å². The lowest BCUT2D eigenvalue weighted by molar-refractivity contribution is 0.281. The maximum Gasteiger partial charge on any atom is 0.751 e. The van der Waals surface area contributed by atoms with Crippen LogP contribution in [-0.4, -0.2) is 12.4 Å². The summed E-state index contributed by atoms with van der Waals surface area (Å²) < 4.78 is 16.3. The third kappa shape index (κ3) is 3.04. The molecule has 0 fully saturated rings. The number of hydrogen-bond donors (Lipinski definition) is 1. The number of allylic oxidation sites excluding steroid dienone is 5. The smallest absolute Gasteiger partial charge is 0.512 e. The minimum atomic E-state index is -2.22. The molecule has 0 saturated carbocycles. The van der Waals surface area contributed by atoms with Gasteiger partial charge in [-0.15, -0.1) is 0 Å². The molecule has 58 valence electrons. The molecule has 0 spiro atoms. The number of hydrogen-bond acceptors (Lipinski definition) is 2. The van der Waals surface area contributed by atoms with Gasteiger partial charge in [0.2, 0.25) is 0 Å². The molecule has 0 heterocycles. The first-order valence-electron chi connectivity index (χ1n) is 3.30. The highest BCUT2D eigenvalue weighted by molar-refractivity contribution is 6.33. The van der Waals surface area contributed by atoms with Crippen molar-refractivity contribution in [1.29, 1.82) is 0 Å². The highest BCUT2D eigenvalue weighted by Crippen LogP contribution is 2.09. The lowest BCUT2D eigenvalue weighted by Crippen LogP contribution is -2.09. The fourth-order valence-electron chi connectivity index (χ4n) is 0.770. The molecule has 11 heavy (non-hydrogen) atoms. The molecule has 0 amide bonds. The van der Waals surface area contributed by atoms with Gasteiger partial charge < -0.3 is 9.68 Å². The van der Waals surface area contributed by atoms with Gasteiger partial charge in [-0.1, -0.05) is 24.3 Å². The van der Waals surface area contributed by atoms with Crippen LogP contribution in [0.2, 0.25) is 0 Å². The Morgan fingerprint density at radius 3 is 3.00 bits per heavy atom. The average Bonchev–Trinajstić information content (AvgIpc) is 2.14. The summed E-state index contributed by atoms with van der Waals surface area (Å²) in [5, 5.41) is 8.22. The Morgan fingerprint density at radius 1 is 1.45 bits per heavy atom. The highest BCUT2D eigenvalue weighted by atomic mass is 19.1. The van der Waals surface area contributed by atoms with E-state index in [2.05, 4.69) is 4.65 Å². The predicted molar refractivity (Wildman–Crippen MR) is 41.1 cm³/mol. The van der Waals surface area contributed by atoms with Crippen molar-refractivity contribution in [3.63, 3.8) is 0 Å². The van der Waals surface area contributed by atoms with Crippen LogP contribution in [0.3, 0.4) is 0 Å². The molecule has 1 N–H and O–H groups in total. The van der Waals surface area contributed by atoms with Gasteiger partial charge in [0.15, 0.2) is 0 Å². The summed E-state index contributed by atoms with van der Waals surface area (Å²) in [5.41, 5.74) is 0. The van der Waals surface area contributed by atoms with E-state index in [0.717, 1.165) is 0 Å². The van der Waals surface area contributed by atoms with E-state index in [0.29, 0.717) is 12.2 Å². The number of halogens is 1. The van der Waals surface area contributed by atoms with Gasteiger partial charge in [-0.3, -0.25) is 0 Å². The Labute approximate surface area is 64.9 Å². The fourth-order valence-corrected chi connectivity index (χ4v) is 0.770. The Morgan fingerprint density at radius 2 is 2.27 bits per heavy atom. The fraction of sp³-hybridized carbons (Fsp3) is 0.143. The van der Waals surface area contributed by atoms with Crippen LogP contribution in [0.5, 0.6) is 0 Å². The van der Waals surface area contributed by atoms with Gasteiger partial charge >= 0.3 is 7.40 Å². The summed E-state index contributed by atoms with van der Waals surface area (Å²) in [7, 11) is -2.22. The average molecular weight is 154 g/mol. The summed E-state index contributed by atoms with van der Waals surface area (Å²) in [6.45, 7) is 0. The van der Waals surface area contributed by atoms with Crippen molar-refractivity contribution in [3.05, 3.63) is 36.1 Å². The zero-order valence-corrected chi connectivity index (χ0v) is 5.90. The molecule has 0 saturated heterocycles. The van der Waals surface area contributed by atoms with E-state index in [-0.39, 0.29) is 0 Å². The minimum absolute atomic E-state index is 0.421. The second-order valence-corrected chi connectivity index (χ2v) is 2.06. The highest BCUT2D eigenvalue weighted by Gasteiger charge is 2.14. The minimum Gasteiger partial charge on any atom is -0.512 e. The van der Waals surface area contributed by atoms with Gasteiger partial charge in [0.05, 0.1) is 5.76 Å². The van der Waals surface area contributed by atoms with E-state index >= 15 is 0 Å². The van der Waals surface area contributed by atoms with Crippen molar-refractivity contribution in [1.82, 2.24) is 0 Å². The maximum atomic E-state index is 11.9. The second kappa shape index (κ2) is 3.98. The first kappa shape index (κ1) is 8.08. The van der Waals surface area contributed by atoms with Crippen molar-refractivity contribution in [2.75, 3.05) is 0 Å². The Hall–Kier alpha value is -1.03. The van der Waals surface area contributed by atoms with E-state index in [1.807, 2.05) is 12.2 Å². The molecular formula is C7H8BFO2. The maximum absolute atomic E-state index is 11.9. The molecule has 4 heteroatoms. The second-order valence-electron chi connectivity index (χ2n) is 2.06. The van der Waals surface area contributed by atoms with Crippen molar-refractivity contribution in [3.8, 4) is 0 Å². The normalized spacial score (nSPS) is 15.6. The van der Waals surface area contributed by atoms with Gasteiger partial charge in [-0.05, 0) is 6.08 Å². The standard InChI is InChI=1S/C7H8BFO2/c9-8(10)11-7-5-3-1-2-4-6-7/h1-5,10H,6H2. The molecule has 1 aliphatic carbocycles. The molecule has 0 aromatic rings. The van der Waals surface area contributed by atoms with Gasteiger partial charge in [-0.25, -0.2) is 4.32 Å². The van der Waals surface area contributed by atoms with E-state index in [4.69, 9.17) is 5.02 Å². The first-order chi connectivity index (χ1) is 5.29. The molecule has 0 aromatic carbocycles. The van der Waals surface area contributed by atoms with E-state index in [1.165, 1.54) is 0 Å². The van der Waals surface area contributed by atoms with Crippen LogP contribution in [0.25, 0.3) is 0 Å². The topological polar surface area (TPSA) is 29.5 Å². The van der Waals surface area contributed by atoms with Gasteiger partial charge in [0.1, 0.15) is 0 Å². The van der Waals surface area contributed by atoms with Crippen molar-refractivity contribution in [2.45, 2.75) is 6.42 Å². The molecule has 2 nitrogen and oxygen atoms in total. The molecule has 0 radical (unpaired) electrons. The largest absolute Gasteiger partial charge is 0.751 e. The molecule has 1 aliphatic rings. The third-order valence-electron chi connectivity index (χ3n) is 1.21. The van der Waals surface area contributed by atoms with Crippen LogP contribution in [0, 0.1) is 0 Å². The molecule has 0 aliphatic heterocycles. The van der Waals surface area contributed by atoms with E-state index < -0.39 is 7.40 Å². The summed E-state index contributed by atoms with van der Waals surface area (Å²) in [5.74, 6) is 0.421. The lowest BCUT2D eigenvalue weighted by Gasteiger charge is -2.03. The zero-order valence-electron chi connectivity index (χ0n) is 5.90. The summed E-state index contributed by atoms with van der Waals surface area (Å²) >= 11 is 0. The monoisotopic (exact) mass is 154 g/mol. The molecule has 0 bridgehead atoms. The quantitative estimate of drug-likeness (QED) is 0.608. The third-order valence-corrected chi connectivity index (χ3v) is 1.21. The van der Waals surface area contributed by atoms with Gasteiger partial charge in [-0.2, -0.15) is 0 Å². The van der Waals surface area contributed by atoms with E-state index in [1.54, 1.807) is 18.2 Å². The molecule has 1 rings (SSSR count). The van der Waals surface area contributed by atoms with Crippen molar-refractivity contribution < 1.29 is 14.0 Å². The Kier molecular flexibility index (Phi) is 2.92. The van der Waals surface area contributed by atoms with Crippen LogP contribution >= 0.6 is 0 Å². The van der Waals surface area contributed by atoms with Crippen LogP contribution in [0.4, 0.5) is 4.32 Å². The Bertz CT molecular complexity index is 208. The lowest BCUT2D eigenvalue weighted by atomic mass is 10.2. The van der Waals surface area contributed by atoms with Crippen LogP contribution in [0.15, 0.2) is 36.1 Å². The van der Waals surface area contributed by atoms with E-state index in [9.17, 15) is 4.32 Å². The molecule has 0 unspecified atom stereocenters.